The van der Waals surface area contributed by atoms with Crippen molar-refractivity contribution in [2.45, 2.75) is 25.2 Å². The molecule has 0 aliphatic carbocycles. The Balaban J connectivity index is 2.53. The van der Waals surface area contributed by atoms with Crippen LogP contribution in [0.15, 0.2) is 4.90 Å². The summed E-state index contributed by atoms with van der Waals surface area (Å²) in [5.41, 5.74) is 5.94. The monoisotopic (exact) mass is 332 g/mol. The summed E-state index contributed by atoms with van der Waals surface area (Å²) in [6.45, 7) is 5.57. The average Bonchev–Trinajstić information content (AvgIpc) is 2.92. The Hall–Kier alpha value is -1.28. The van der Waals surface area contributed by atoms with Gasteiger partial charge in [0.25, 0.3) is 0 Å². The second-order valence-electron chi connectivity index (χ2n) is 5.31. The molecule has 1 atom stereocenters. The number of thiophene rings is 1. The fourth-order valence-electron chi connectivity index (χ4n) is 2.45. The molecule has 0 radical (unpaired) electrons. The molecule has 1 aromatic rings. The molecule has 1 aliphatic heterocycles. The van der Waals surface area contributed by atoms with Crippen LogP contribution in [0.4, 0.5) is 10.7 Å². The highest BCUT2D eigenvalue weighted by Crippen LogP contribution is 2.43. The molecule has 2 N–H and O–H groups in total. The molecule has 2 heterocycles. The van der Waals surface area contributed by atoms with Crippen LogP contribution in [0.5, 0.6) is 0 Å². The van der Waals surface area contributed by atoms with E-state index in [2.05, 4.69) is 6.92 Å². The van der Waals surface area contributed by atoms with E-state index in [4.69, 9.17) is 10.5 Å². The van der Waals surface area contributed by atoms with Gasteiger partial charge in [-0.2, -0.15) is 0 Å². The normalized spacial score (nSPS) is 19.0. The maximum atomic E-state index is 12.1. The molecule has 0 bridgehead atoms. The van der Waals surface area contributed by atoms with Crippen molar-refractivity contribution in [3.05, 3.63) is 4.88 Å². The van der Waals surface area contributed by atoms with Gasteiger partial charge in [0.1, 0.15) is 14.8 Å². The van der Waals surface area contributed by atoms with Gasteiger partial charge in [0.2, 0.25) is 0 Å². The molecule has 2 rings (SSSR count). The standard InChI is InChI=1S/C13H20N2O4S2/c1-4-19-13(16)10-9(14)11(21(3,17)18)12(20-10)15-6-5-8(2)7-15/h8H,4-7,14H2,1-3H3. The Morgan fingerprint density at radius 3 is 2.67 bits per heavy atom. The van der Waals surface area contributed by atoms with Gasteiger partial charge in [-0.25, -0.2) is 13.2 Å². The molecule has 0 spiro atoms. The molecule has 1 fully saturated rings. The number of carbonyl (C=O) groups excluding carboxylic acids is 1. The first kappa shape index (κ1) is 16.1. The number of rotatable bonds is 4. The third-order valence-corrected chi connectivity index (χ3v) is 5.96. The van der Waals surface area contributed by atoms with Crippen LogP contribution in [-0.2, 0) is 14.6 Å². The van der Waals surface area contributed by atoms with E-state index >= 15 is 0 Å². The van der Waals surface area contributed by atoms with E-state index in [1.807, 2.05) is 4.90 Å². The van der Waals surface area contributed by atoms with Crippen molar-refractivity contribution in [2.24, 2.45) is 5.92 Å². The molecular formula is C13H20N2O4S2. The Kier molecular flexibility index (Phi) is 4.48. The molecule has 21 heavy (non-hydrogen) atoms. The minimum Gasteiger partial charge on any atom is -0.462 e. The molecule has 1 aromatic heterocycles. The van der Waals surface area contributed by atoms with Crippen molar-refractivity contribution < 1.29 is 17.9 Å². The van der Waals surface area contributed by atoms with Crippen LogP contribution >= 0.6 is 11.3 Å². The summed E-state index contributed by atoms with van der Waals surface area (Å²) < 4.78 is 29.1. The summed E-state index contributed by atoms with van der Waals surface area (Å²) >= 11 is 1.11. The number of sulfone groups is 1. The van der Waals surface area contributed by atoms with Crippen LogP contribution in [0, 0.1) is 5.92 Å². The summed E-state index contributed by atoms with van der Waals surface area (Å²) in [5.74, 6) is -0.0739. The summed E-state index contributed by atoms with van der Waals surface area (Å²) in [7, 11) is -3.51. The molecule has 1 unspecified atom stereocenters. The fourth-order valence-corrected chi connectivity index (χ4v) is 5.09. The highest BCUT2D eigenvalue weighted by molar-refractivity contribution is 7.91. The Morgan fingerprint density at radius 2 is 2.19 bits per heavy atom. The Bertz CT molecular complexity index is 651. The third-order valence-electron chi connectivity index (χ3n) is 3.42. The minimum absolute atomic E-state index is 0.00973. The summed E-state index contributed by atoms with van der Waals surface area (Å²) in [4.78, 5) is 14.2. The topological polar surface area (TPSA) is 89.7 Å². The highest BCUT2D eigenvalue weighted by Gasteiger charge is 2.32. The van der Waals surface area contributed by atoms with E-state index in [9.17, 15) is 13.2 Å². The van der Waals surface area contributed by atoms with Crippen molar-refractivity contribution >= 4 is 37.8 Å². The lowest BCUT2D eigenvalue weighted by molar-refractivity contribution is 0.0533. The second kappa shape index (κ2) is 5.84. The van der Waals surface area contributed by atoms with E-state index in [-0.39, 0.29) is 22.1 Å². The number of hydrogen-bond donors (Lipinski definition) is 1. The van der Waals surface area contributed by atoms with E-state index < -0.39 is 15.8 Å². The molecular weight excluding hydrogens is 312 g/mol. The van der Waals surface area contributed by atoms with Crippen LogP contribution in [0.25, 0.3) is 0 Å². The number of esters is 1. The van der Waals surface area contributed by atoms with E-state index in [0.717, 1.165) is 37.1 Å². The zero-order chi connectivity index (χ0) is 15.8. The lowest BCUT2D eigenvalue weighted by Gasteiger charge is -2.17. The van der Waals surface area contributed by atoms with Crippen LogP contribution in [0.3, 0.4) is 0 Å². The highest BCUT2D eigenvalue weighted by atomic mass is 32.2. The quantitative estimate of drug-likeness (QED) is 0.845. The summed E-state index contributed by atoms with van der Waals surface area (Å²) in [6, 6.07) is 0. The minimum atomic E-state index is -3.51. The van der Waals surface area contributed by atoms with Crippen molar-refractivity contribution in [2.75, 3.05) is 36.6 Å². The number of nitrogen functional groups attached to an aromatic ring is 1. The molecule has 8 heteroatoms. The van der Waals surface area contributed by atoms with Crippen molar-refractivity contribution in [1.29, 1.82) is 0 Å². The maximum Gasteiger partial charge on any atom is 0.350 e. The van der Waals surface area contributed by atoms with Gasteiger partial charge in [0, 0.05) is 19.3 Å². The lowest BCUT2D eigenvalue weighted by atomic mass is 10.2. The number of carbonyl (C=O) groups is 1. The number of hydrogen-bond acceptors (Lipinski definition) is 7. The van der Waals surface area contributed by atoms with Gasteiger partial charge in [0.05, 0.1) is 12.3 Å². The van der Waals surface area contributed by atoms with Crippen molar-refractivity contribution in [3.8, 4) is 0 Å². The largest absolute Gasteiger partial charge is 0.462 e. The predicted octanol–water partition coefficient (Wildman–Crippen LogP) is 1.76. The van der Waals surface area contributed by atoms with Crippen LogP contribution < -0.4 is 10.6 Å². The zero-order valence-corrected chi connectivity index (χ0v) is 14.0. The molecule has 0 saturated carbocycles. The van der Waals surface area contributed by atoms with Gasteiger partial charge in [0.15, 0.2) is 9.84 Å². The first-order chi connectivity index (χ1) is 9.75. The molecule has 0 amide bonds. The van der Waals surface area contributed by atoms with Gasteiger partial charge in [-0.3, -0.25) is 0 Å². The Morgan fingerprint density at radius 1 is 1.52 bits per heavy atom. The average molecular weight is 332 g/mol. The van der Waals surface area contributed by atoms with Crippen molar-refractivity contribution in [3.63, 3.8) is 0 Å². The number of nitrogens with two attached hydrogens (primary N) is 1. The molecule has 1 saturated heterocycles. The van der Waals surface area contributed by atoms with Gasteiger partial charge in [-0.1, -0.05) is 6.92 Å². The smallest absolute Gasteiger partial charge is 0.350 e. The second-order valence-corrected chi connectivity index (χ2v) is 8.26. The Labute approximate surface area is 128 Å². The van der Waals surface area contributed by atoms with Gasteiger partial charge in [-0.05, 0) is 19.3 Å². The lowest BCUT2D eigenvalue weighted by Crippen LogP contribution is -2.20. The molecule has 0 aromatic carbocycles. The van der Waals surface area contributed by atoms with E-state index in [1.54, 1.807) is 6.92 Å². The van der Waals surface area contributed by atoms with E-state index in [0.29, 0.717) is 10.9 Å². The number of nitrogens with zero attached hydrogens (tertiary/aromatic N) is 1. The summed E-state index contributed by atoms with van der Waals surface area (Å²) in [6.07, 6.45) is 2.11. The maximum absolute atomic E-state index is 12.1. The van der Waals surface area contributed by atoms with Gasteiger partial charge in [-0.15, -0.1) is 11.3 Å². The van der Waals surface area contributed by atoms with Gasteiger partial charge >= 0.3 is 5.97 Å². The first-order valence-corrected chi connectivity index (χ1v) is 9.50. The van der Waals surface area contributed by atoms with Crippen LogP contribution in [0.2, 0.25) is 0 Å². The number of anilines is 2. The fraction of sp³-hybridized carbons (Fsp3) is 0.615. The SMILES string of the molecule is CCOC(=O)c1sc(N2CCC(C)C2)c(S(C)(=O)=O)c1N. The molecule has 6 nitrogen and oxygen atoms in total. The predicted molar refractivity (Wildman–Crippen MR) is 83.8 cm³/mol. The molecule has 1 aliphatic rings. The third kappa shape index (κ3) is 3.16. The van der Waals surface area contributed by atoms with Crippen LogP contribution in [0.1, 0.15) is 29.9 Å². The van der Waals surface area contributed by atoms with Gasteiger partial charge < -0.3 is 15.4 Å². The molecule has 118 valence electrons. The van der Waals surface area contributed by atoms with E-state index in [1.165, 1.54) is 0 Å². The van der Waals surface area contributed by atoms with Crippen LogP contribution in [-0.4, -0.2) is 40.3 Å². The summed E-state index contributed by atoms with van der Waals surface area (Å²) in [5, 5.41) is 0.558. The van der Waals surface area contributed by atoms with Crippen molar-refractivity contribution in [1.82, 2.24) is 0 Å². The number of ether oxygens (including phenoxy) is 1. The zero-order valence-electron chi connectivity index (χ0n) is 12.4. The first-order valence-electron chi connectivity index (χ1n) is 6.80.